The number of rotatable bonds is 3. The molecule has 2 heterocycles. The summed E-state index contributed by atoms with van der Waals surface area (Å²) in [5, 5.41) is 1.88. The van der Waals surface area contributed by atoms with Crippen LogP contribution in [0.3, 0.4) is 0 Å². The predicted octanol–water partition coefficient (Wildman–Crippen LogP) is 2.63. The molecule has 0 saturated heterocycles. The summed E-state index contributed by atoms with van der Waals surface area (Å²) in [6.45, 7) is 0.792. The van der Waals surface area contributed by atoms with Crippen molar-refractivity contribution in [1.29, 1.82) is 0 Å². The van der Waals surface area contributed by atoms with E-state index in [1.165, 1.54) is 11.3 Å². The van der Waals surface area contributed by atoms with Gasteiger partial charge in [0.1, 0.15) is 0 Å². The van der Waals surface area contributed by atoms with Crippen LogP contribution in [0, 0.1) is 0 Å². The van der Waals surface area contributed by atoms with Gasteiger partial charge in [-0.15, -0.1) is 11.3 Å². The first-order valence-corrected chi connectivity index (χ1v) is 7.07. The van der Waals surface area contributed by atoms with Crippen molar-refractivity contribution < 1.29 is 9.59 Å². The van der Waals surface area contributed by atoms with E-state index in [0.717, 1.165) is 17.5 Å². The monoisotopic (exact) mass is 271 g/mol. The van der Waals surface area contributed by atoms with E-state index < -0.39 is 0 Å². The van der Waals surface area contributed by atoms with Gasteiger partial charge in [0.2, 0.25) is 0 Å². The van der Waals surface area contributed by atoms with Gasteiger partial charge in [0.15, 0.2) is 5.78 Å². The number of Topliss-reactive ketones (excluding diaryl/α,β-unsaturated/α-hetero) is 1. The number of amides is 1. The Kier molecular flexibility index (Phi) is 3.17. The van der Waals surface area contributed by atoms with Gasteiger partial charge in [-0.25, -0.2) is 0 Å². The van der Waals surface area contributed by atoms with Crippen LogP contribution in [0.25, 0.3) is 0 Å². The molecule has 0 spiro atoms. The van der Waals surface area contributed by atoms with Crippen LogP contribution >= 0.6 is 11.3 Å². The number of thiophene rings is 1. The molecule has 4 heteroatoms. The largest absolute Gasteiger partial charge is 0.331 e. The van der Waals surface area contributed by atoms with Gasteiger partial charge in [-0.05, 0) is 29.5 Å². The van der Waals surface area contributed by atoms with Gasteiger partial charge in [0, 0.05) is 12.1 Å². The quantitative estimate of drug-likeness (QED) is 0.805. The zero-order valence-electron chi connectivity index (χ0n) is 10.3. The van der Waals surface area contributed by atoms with Gasteiger partial charge >= 0.3 is 0 Å². The number of fused-ring (bicyclic) bond motifs is 1. The van der Waals surface area contributed by atoms with Gasteiger partial charge in [-0.1, -0.05) is 24.3 Å². The fourth-order valence-corrected chi connectivity index (χ4v) is 2.97. The Bertz CT molecular complexity index is 619. The van der Waals surface area contributed by atoms with Gasteiger partial charge < -0.3 is 4.90 Å². The summed E-state index contributed by atoms with van der Waals surface area (Å²) in [6, 6.07) is 11.3. The highest BCUT2D eigenvalue weighted by Gasteiger charge is 2.25. The summed E-state index contributed by atoms with van der Waals surface area (Å²) in [4.78, 5) is 26.7. The normalized spacial score (nSPS) is 14.3. The van der Waals surface area contributed by atoms with E-state index in [9.17, 15) is 9.59 Å². The molecule has 0 bridgehead atoms. The summed E-state index contributed by atoms with van der Waals surface area (Å²) in [7, 11) is 0. The van der Waals surface area contributed by atoms with Crippen LogP contribution in [0.4, 0.5) is 0 Å². The lowest BCUT2D eigenvalue weighted by molar-refractivity contribution is 0.0697. The molecule has 1 aromatic heterocycles. The van der Waals surface area contributed by atoms with Crippen molar-refractivity contribution in [3.8, 4) is 0 Å². The van der Waals surface area contributed by atoms with Crippen molar-refractivity contribution >= 4 is 23.0 Å². The third-order valence-corrected chi connectivity index (χ3v) is 4.23. The second-order valence-corrected chi connectivity index (χ2v) is 5.48. The van der Waals surface area contributed by atoms with Crippen molar-refractivity contribution in [1.82, 2.24) is 4.90 Å². The van der Waals surface area contributed by atoms with Crippen molar-refractivity contribution in [2.24, 2.45) is 0 Å². The molecule has 0 unspecified atom stereocenters. The summed E-state index contributed by atoms with van der Waals surface area (Å²) in [5.74, 6) is -0.0190. The minimum atomic E-state index is -0.0354. The lowest BCUT2D eigenvalue weighted by Crippen LogP contribution is -2.40. The topological polar surface area (TPSA) is 37.4 Å². The maximum Gasteiger partial charge on any atom is 0.254 e. The molecule has 0 N–H and O–H groups in total. The standard InChI is InChI=1S/C15H13NO2S/c17-13(14-6-3-9-19-14)10-16-8-7-11-4-1-2-5-12(11)15(16)18/h1-6,9H,7-8,10H2. The van der Waals surface area contributed by atoms with E-state index in [0.29, 0.717) is 11.4 Å². The average Bonchev–Trinajstić information content (AvgIpc) is 2.96. The number of ketones is 1. The molecule has 0 saturated carbocycles. The van der Waals surface area contributed by atoms with Crippen molar-refractivity contribution in [2.45, 2.75) is 6.42 Å². The Labute approximate surface area is 115 Å². The van der Waals surface area contributed by atoms with Gasteiger partial charge in [-0.2, -0.15) is 0 Å². The van der Waals surface area contributed by atoms with Crippen LogP contribution < -0.4 is 0 Å². The summed E-state index contributed by atoms with van der Waals surface area (Å²) in [5.41, 5.74) is 1.81. The van der Waals surface area contributed by atoms with E-state index in [1.54, 1.807) is 11.0 Å². The van der Waals surface area contributed by atoms with Crippen LogP contribution in [-0.2, 0) is 6.42 Å². The lowest BCUT2D eigenvalue weighted by atomic mass is 9.99. The Balaban J connectivity index is 1.78. The molecule has 1 aliphatic heterocycles. The zero-order chi connectivity index (χ0) is 13.2. The predicted molar refractivity (Wildman–Crippen MR) is 74.7 cm³/mol. The number of carbonyl (C=O) groups excluding carboxylic acids is 2. The molecule has 1 aliphatic rings. The van der Waals surface area contributed by atoms with E-state index in [-0.39, 0.29) is 18.2 Å². The third kappa shape index (κ3) is 2.31. The van der Waals surface area contributed by atoms with Gasteiger partial charge in [0.05, 0.1) is 11.4 Å². The number of hydrogen-bond donors (Lipinski definition) is 0. The van der Waals surface area contributed by atoms with E-state index in [1.807, 2.05) is 35.7 Å². The molecule has 1 amide bonds. The summed E-state index contributed by atoms with van der Waals surface area (Å²) >= 11 is 1.42. The fraction of sp³-hybridized carbons (Fsp3) is 0.200. The maximum atomic E-state index is 12.3. The molecule has 19 heavy (non-hydrogen) atoms. The zero-order valence-corrected chi connectivity index (χ0v) is 11.2. The highest BCUT2D eigenvalue weighted by molar-refractivity contribution is 7.12. The molecule has 96 valence electrons. The fourth-order valence-electron chi connectivity index (χ4n) is 2.31. The molecule has 3 rings (SSSR count). The molecule has 0 fully saturated rings. The van der Waals surface area contributed by atoms with Crippen molar-refractivity contribution in [3.63, 3.8) is 0 Å². The molecule has 0 aliphatic carbocycles. The van der Waals surface area contributed by atoms with Crippen LogP contribution in [0.1, 0.15) is 25.6 Å². The van der Waals surface area contributed by atoms with Gasteiger partial charge in [-0.3, -0.25) is 9.59 Å². The third-order valence-electron chi connectivity index (χ3n) is 3.32. The number of carbonyl (C=O) groups is 2. The average molecular weight is 271 g/mol. The molecular formula is C15H13NO2S. The van der Waals surface area contributed by atoms with Crippen LogP contribution in [0.15, 0.2) is 41.8 Å². The molecular weight excluding hydrogens is 258 g/mol. The lowest BCUT2D eigenvalue weighted by Gasteiger charge is -2.27. The molecule has 3 nitrogen and oxygen atoms in total. The first-order chi connectivity index (χ1) is 9.25. The Morgan fingerprint density at radius 3 is 2.84 bits per heavy atom. The smallest absolute Gasteiger partial charge is 0.254 e. The van der Waals surface area contributed by atoms with Crippen LogP contribution in [0.5, 0.6) is 0 Å². The van der Waals surface area contributed by atoms with Crippen molar-refractivity contribution in [3.05, 3.63) is 57.8 Å². The minimum Gasteiger partial charge on any atom is -0.331 e. The van der Waals surface area contributed by atoms with Crippen LogP contribution in [-0.4, -0.2) is 29.7 Å². The second-order valence-electron chi connectivity index (χ2n) is 4.53. The SMILES string of the molecule is O=C(CN1CCc2ccccc2C1=O)c1cccs1. The first-order valence-electron chi connectivity index (χ1n) is 6.19. The minimum absolute atomic E-state index is 0.0164. The van der Waals surface area contributed by atoms with E-state index >= 15 is 0 Å². The number of nitrogens with zero attached hydrogens (tertiary/aromatic N) is 1. The molecule has 2 aromatic rings. The van der Waals surface area contributed by atoms with Gasteiger partial charge in [0.25, 0.3) is 5.91 Å². The highest BCUT2D eigenvalue weighted by Crippen LogP contribution is 2.19. The second kappa shape index (κ2) is 4.97. The highest BCUT2D eigenvalue weighted by atomic mass is 32.1. The Hall–Kier alpha value is -1.94. The summed E-state index contributed by atoms with van der Waals surface area (Å²) < 4.78 is 0. The summed E-state index contributed by atoms with van der Waals surface area (Å²) in [6.07, 6.45) is 0.819. The van der Waals surface area contributed by atoms with E-state index in [4.69, 9.17) is 0 Å². The van der Waals surface area contributed by atoms with Crippen LogP contribution in [0.2, 0.25) is 0 Å². The molecule has 0 radical (unpaired) electrons. The Morgan fingerprint density at radius 1 is 1.21 bits per heavy atom. The first kappa shape index (κ1) is 12.1. The molecule has 1 aromatic carbocycles. The Morgan fingerprint density at radius 2 is 2.05 bits per heavy atom. The maximum absolute atomic E-state index is 12.3. The van der Waals surface area contributed by atoms with Crippen molar-refractivity contribution in [2.75, 3.05) is 13.1 Å². The number of benzene rings is 1. The molecule has 0 atom stereocenters. The number of hydrogen-bond acceptors (Lipinski definition) is 3. The van der Waals surface area contributed by atoms with E-state index in [2.05, 4.69) is 0 Å².